The first-order valence-electron chi connectivity index (χ1n) is 8.32. The molecule has 3 aromatic rings. The first kappa shape index (κ1) is 17.7. The third-order valence-electron chi connectivity index (χ3n) is 3.89. The molecule has 0 bridgehead atoms. The number of amides is 1. The van der Waals surface area contributed by atoms with Gasteiger partial charge in [-0.05, 0) is 24.6 Å². The Morgan fingerprint density at radius 1 is 1.35 bits per heavy atom. The van der Waals surface area contributed by atoms with E-state index in [9.17, 15) is 9.18 Å². The minimum Gasteiger partial charge on any atom is -0.496 e. The van der Waals surface area contributed by atoms with Crippen molar-refractivity contribution >= 4 is 17.4 Å². The van der Waals surface area contributed by atoms with Crippen LogP contribution in [-0.2, 0) is 6.54 Å². The number of benzene rings is 1. The molecule has 7 nitrogen and oxygen atoms in total. The van der Waals surface area contributed by atoms with Crippen molar-refractivity contribution < 1.29 is 13.9 Å². The van der Waals surface area contributed by atoms with Crippen LogP contribution in [0, 0.1) is 5.82 Å². The predicted molar refractivity (Wildman–Crippen MR) is 95.9 cm³/mol. The Morgan fingerprint density at radius 3 is 2.96 bits per heavy atom. The standard InChI is InChI=1S/C18H20FN5O2/c1-3-8-20-18(25)13-11-22-24-9-7-16(23-17(13)24)21-10-12-14(19)5-4-6-15(12)26-2/h4-7,9,11H,3,8,10H2,1-2H3,(H,20,25)(H,21,23). The molecule has 2 heterocycles. The maximum atomic E-state index is 14.0. The van der Waals surface area contributed by atoms with Crippen LogP contribution in [0.3, 0.4) is 0 Å². The van der Waals surface area contributed by atoms with Crippen LogP contribution in [0.15, 0.2) is 36.7 Å². The van der Waals surface area contributed by atoms with Crippen molar-refractivity contribution in [2.24, 2.45) is 0 Å². The summed E-state index contributed by atoms with van der Waals surface area (Å²) in [5.41, 5.74) is 1.24. The zero-order valence-corrected chi connectivity index (χ0v) is 14.6. The van der Waals surface area contributed by atoms with Gasteiger partial charge in [-0.15, -0.1) is 0 Å². The van der Waals surface area contributed by atoms with E-state index in [0.29, 0.717) is 34.9 Å². The van der Waals surface area contributed by atoms with Gasteiger partial charge in [0.25, 0.3) is 5.91 Å². The molecular weight excluding hydrogens is 337 g/mol. The topological polar surface area (TPSA) is 80.6 Å². The molecule has 0 fully saturated rings. The first-order chi connectivity index (χ1) is 12.6. The Labute approximate surface area is 150 Å². The lowest BCUT2D eigenvalue weighted by Gasteiger charge is -2.11. The molecule has 0 spiro atoms. The molecule has 0 unspecified atom stereocenters. The molecular formula is C18H20FN5O2. The van der Waals surface area contributed by atoms with Crippen LogP contribution in [0.25, 0.3) is 5.65 Å². The number of nitrogens with one attached hydrogen (secondary N) is 2. The molecule has 0 radical (unpaired) electrons. The van der Waals surface area contributed by atoms with Crippen LogP contribution in [0.1, 0.15) is 29.3 Å². The van der Waals surface area contributed by atoms with Gasteiger partial charge in [0.1, 0.15) is 22.9 Å². The normalized spacial score (nSPS) is 10.7. The summed E-state index contributed by atoms with van der Waals surface area (Å²) in [6.45, 7) is 2.76. The second-order valence-corrected chi connectivity index (χ2v) is 5.67. The van der Waals surface area contributed by atoms with E-state index in [-0.39, 0.29) is 18.3 Å². The minimum atomic E-state index is -0.359. The molecule has 26 heavy (non-hydrogen) atoms. The number of anilines is 1. The van der Waals surface area contributed by atoms with Crippen molar-refractivity contribution in [3.8, 4) is 5.75 Å². The number of aromatic nitrogens is 3. The number of methoxy groups -OCH3 is 1. The number of hydrogen-bond donors (Lipinski definition) is 2. The Bertz CT molecular complexity index is 925. The number of carbonyl (C=O) groups excluding carboxylic acids is 1. The largest absolute Gasteiger partial charge is 0.496 e. The Morgan fingerprint density at radius 2 is 2.19 bits per heavy atom. The van der Waals surface area contributed by atoms with Crippen LogP contribution in [0.2, 0.25) is 0 Å². The highest BCUT2D eigenvalue weighted by Crippen LogP contribution is 2.22. The van der Waals surface area contributed by atoms with Gasteiger partial charge in [0.15, 0.2) is 5.65 Å². The Hall–Kier alpha value is -3.16. The van der Waals surface area contributed by atoms with E-state index in [1.165, 1.54) is 23.9 Å². The van der Waals surface area contributed by atoms with Gasteiger partial charge < -0.3 is 15.4 Å². The van der Waals surface area contributed by atoms with Gasteiger partial charge in [-0.2, -0.15) is 5.10 Å². The lowest BCUT2D eigenvalue weighted by atomic mass is 10.2. The summed E-state index contributed by atoms with van der Waals surface area (Å²) in [7, 11) is 1.50. The van der Waals surface area contributed by atoms with Crippen LogP contribution in [0.5, 0.6) is 5.75 Å². The van der Waals surface area contributed by atoms with Crippen LogP contribution >= 0.6 is 0 Å². The van der Waals surface area contributed by atoms with Gasteiger partial charge in [-0.1, -0.05) is 13.0 Å². The summed E-state index contributed by atoms with van der Waals surface area (Å²) >= 11 is 0. The van der Waals surface area contributed by atoms with Crippen molar-refractivity contribution in [3.63, 3.8) is 0 Å². The molecule has 8 heteroatoms. The van der Waals surface area contributed by atoms with Crippen molar-refractivity contribution in [2.45, 2.75) is 19.9 Å². The summed E-state index contributed by atoms with van der Waals surface area (Å²) < 4.78 is 20.7. The average molecular weight is 357 g/mol. The number of halogens is 1. The quantitative estimate of drug-likeness (QED) is 0.679. The second kappa shape index (κ2) is 7.81. The van der Waals surface area contributed by atoms with Crippen molar-refractivity contribution in [1.29, 1.82) is 0 Å². The van der Waals surface area contributed by atoms with E-state index in [4.69, 9.17) is 4.74 Å². The minimum absolute atomic E-state index is 0.199. The lowest BCUT2D eigenvalue weighted by molar-refractivity contribution is 0.0955. The van der Waals surface area contributed by atoms with Crippen molar-refractivity contribution in [3.05, 3.63) is 53.6 Å². The smallest absolute Gasteiger partial charge is 0.256 e. The van der Waals surface area contributed by atoms with Gasteiger partial charge in [0, 0.05) is 24.8 Å². The predicted octanol–water partition coefficient (Wildman–Crippen LogP) is 2.63. The summed E-state index contributed by atoms with van der Waals surface area (Å²) in [4.78, 5) is 16.6. The van der Waals surface area contributed by atoms with Gasteiger partial charge in [-0.25, -0.2) is 13.9 Å². The van der Waals surface area contributed by atoms with Gasteiger partial charge >= 0.3 is 0 Å². The van der Waals surface area contributed by atoms with Gasteiger partial charge in [-0.3, -0.25) is 4.79 Å². The Balaban J connectivity index is 1.82. The highest BCUT2D eigenvalue weighted by Gasteiger charge is 2.14. The van der Waals surface area contributed by atoms with E-state index < -0.39 is 0 Å². The fourth-order valence-corrected chi connectivity index (χ4v) is 2.54. The lowest BCUT2D eigenvalue weighted by Crippen LogP contribution is -2.24. The van der Waals surface area contributed by atoms with E-state index in [1.807, 2.05) is 6.92 Å². The molecule has 1 amide bonds. The van der Waals surface area contributed by atoms with Crippen LogP contribution in [-0.4, -0.2) is 34.2 Å². The third kappa shape index (κ3) is 3.58. The van der Waals surface area contributed by atoms with E-state index in [2.05, 4.69) is 20.7 Å². The highest BCUT2D eigenvalue weighted by molar-refractivity contribution is 5.99. The molecule has 0 aliphatic heterocycles. The zero-order chi connectivity index (χ0) is 18.5. The second-order valence-electron chi connectivity index (χ2n) is 5.67. The monoisotopic (exact) mass is 357 g/mol. The Kier molecular flexibility index (Phi) is 5.31. The molecule has 2 N–H and O–H groups in total. The number of fused-ring (bicyclic) bond motifs is 1. The zero-order valence-electron chi connectivity index (χ0n) is 14.6. The van der Waals surface area contributed by atoms with Crippen molar-refractivity contribution in [2.75, 3.05) is 19.0 Å². The van der Waals surface area contributed by atoms with E-state index in [1.54, 1.807) is 24.4 Å². The molecule has 136 valence electrons. The molecule has 0 saturated heterocycles. The molecule has 2 aromatic heterocycles. The highest BCUT2D eigenvalue weighted by atomic mass is 19.1. The molecule has 0 aliphatic rings. The molecule has 1 aromatic carbocycles. The van der Waals surface area contributed by atoms with Crippen LogP contribution < -0.4 is 15.4 Å². The first-order valence-corrected chi connectivity index (χ1v) is 8.32. The maximum Gasteiger partial charge on any atom is 0.256 e. The van der Waals surface area contributed by atoms with Gasteiger partial charge in [0.05, 0.1) is 13.3 Å². The van der Waals surface area contributed by atoms with E-state index in [0.717, 1.165) is 6.42 Å². The molecule has 0 saturated carbocycles. The van der Waals surface area contributed by atoms with Gasteiger partial charge in [0.2, 0.25) is 0 Å². The number of rotatable bonds is 7. The number of ether oxygens (including phenoxy) is 1. The number of hydrogen-bond acceptors (Lipinski definition) is 5. The average Bonchev–Trinajstić information content (AvgIpc) is 3.08. The summed E-state index contributed by atoms with van der Waals surface area (Å²) in [6, 6.07) is 6.38. The van der Waals surface area contributed by atoms with Crippen molar-refractivity contribution in [1.82, 2.24) is 19.9 Å². The van der Waals surface area contributed by atoms with Crippen LogP contribution in [0.4, 0.5) is 10.2 Å². The summed E-state index contributed by atoms with van der Waals surface area (Å²) in [5.74, 6) is 0.389. The fraction of sp³-hybridized carbons (Fsp3) is 0.278. The maximum absolute atomic E-state index is 14.0. The SMILES string of the molecule is CCCNC(=O)c1cnn2ccc(NCc3c(F)cccc3OC)nc12. The number of carbonyl (C=O) groups is 1. The third-order valence-corrected chi connectivity index (χ3v) is 3.89. The summed E-state index contributed by atoms with van der Waals surface area (Å²) in [6.07, 6.45) is 4.02. The molecule has 0 atom stereocenters. The molecule has 3 rings (SSSR count). The van der Waals surface area contributed by atoms with E-state index >= 15 is 0 Å². The fourth-order valence-electron chi connectivity index (χ4n) is 2.54. The number of nitrogens with zero attached hydrogens (tertiary/aromatic N) is 3. The molecule has 0 aliphatic carbocycles. The summed E-state index contributed by atoms with van der Waals surface area (Å²) in [5, 5.41) is 10.0.